The molecule has 1 aliphatic rings. The van der Waals surface area contributed by atoms with Gasteiger partial charge in [0.25, 0.3) is 5.91 Å². The van der Waals surface area contributed by atoms with Crippen molar-refractivity contribution in [2.75, 3.05) is 22.6 Å². The predicted molar refractivity (Wildman–Crippen MR) is 103 cm³/mol. The van der Waals surface area contributed by atoms with Crippen molar-refractivity contribution in [2.45, 2.75) is 19.4 Å². The number of carbonyl (C=O) groups excluding carboxylic acids is 3. The van der Waals surface area contributed by atoms with Gasteiger partial charge in [-0.15, -0.1) is 0 Å². The minimum Gasteiger partial charge on any atom is -0.452 e. The molecule has 2 amide bonds. The molecule has 0 saturated heterocycles. The van der Waals surface area contributed by atoms with Gasteiger partial charge in [0, 0.05) is 23.2 Å². The molecule has 0 saturated carbocycles. The number of fused-ring (bicyclic) bond motifs is 1. The molecule has 2 aromatic carbocycles. The lowest BCUT2D eigenvalue weighted by molar-refractivity contribution is -0.122. The van der Waals surface area contributed by atoms with Crippen LogP contribution in [0.4, 0.5) is 17.1 Å². The van der Waals surface area contributed by atoms with E-state index in [4.69, 9.17) is 22.1 Å². The lowest BCUT2D eigenvalue weighted by atomic mass is 10.1. The third-order valence-electron chi connectivity index (χ3n) is 4.19. The molecule has 0 aromatic heterocycles. The first-order chi connectivity index (χ1) is 12.9. The van der Waals surface area contributed by atoms with E-state index < -0.39 is 24.5 Å². The van der Waals surface area contributed by atoms with Gasteiger partial charge in [-0.05, 0) is 37.3 Å². The van der Waals surface area contributed by atoms with Gasteiger partial charge in [0.2, 0.25) is 5.91 Å². The van der Waals surface area contributed by atoms with Crippen LogP contribution in [0.3, 0.4) is 0 Å². The molecule has 0 fully saturated rings. The van der Waals surface area contributed by atoms with E-state index in [1.54, 1.807) is 37.3 Å². The smallest absolute Gasteiger partial charge is 0.340 e. The van der Waals surface area contributed by atoms with E-state index in [-0.39, 0.29) is 23.6 Å². The number of nitrogen functional groups attached to an aromatic ring is 1. The SMILES string of the molecule is C[C@@H]1CC(=O)Nc2ccccc2N1C(=O)COC(=O)c1cc(Cl)ccc1N. The van der Waals surface area contributed by atoms with Crippen molar-refractivity contribution in [1.82, 2.24) is 0 Å². The molecule has 1 atom stereocenters. The predicted octanol–water partition coefficient (Wildman–Crippen LogP) is 2.84. The Bertz CT molecular complexity index is 916. The minimum atomic E-state index is -0.742. The first kappa shape index (κ1) is 18.7. The van der Waals surface area contributed by atoms with Crippen LogP contribution >= 0.6 is 11.6 Å². The van der Waals surface area contributed by atoms with Crippen molar-refractivity contribution in [3.63, 3.8) is 0 Å². The fourth-order valence-electron chi connectivity index (χ4n) is 2.95. The number of halogens is 1. The number of carbonyl (C=O) groups is 3. The Hall–Kier alpha value is -3.06. The zero-order chi connectivity index (χ0) is 19.6. The number of esters is 1. The van der Waals surface area contributed by atoms with Crippen molar-refractivity contribution < 1.29 is 19.1 Å². The fourth-order valence-corrected chi connectivity index (χ4v) is 3.12. The van der Waals surface area contributed by atoms with Gasteiger partial charge in [-0.1, -0.05) is 23.7 Å². The van der Waals surface area contributed by atoms with Gasteiger partial charge in [0.05, 0.1) is 16.9 Å². The molecule has 0 unspecified atom stereocenters. The third-order valence-corrected chi connectivity index (χ3v) is 4.43. The molecule has 0 bridgehead atoms. The summed E-state index contributed by atoms with van der Waals surface area (Å²) in [7, 11) is 0. The maximum Gasteiger partial charge on any atom is 0.340 e. The monoisotopic (exact) mass is 387 g/mol. The van der Waals surface area contributed by atoms with Gasteiger partial charge in [-0.2, -0.15) is 0 Å². The number of nitrogens with zero attached hydrogens (tertiary/aromatic N) is 1. The largest absolute Gasteiger partial charge is 0.452 e. The van der Waals surface area contributed by atoms with Gasteiger partial charge < -0.3 is 20.7 Å². The first-order valence-electron chi connectivity index (χ1n) is 8.30. The second-order valence-corrected chi connectivity index (χ2v) is 6.63. The number of rotatable bonds is 3. The minimum absolute atomic E-state index is 0.0939. The Kier molecular flexibility index (Phi) is 5.32. The molecule has 140 valence electrons. The lowest BCUT2D eigenvalue weighted by Crippen LogP contribution is -2.41. The summed E-state index contributed by atoms with van der Waals surface area (Å²) in [6.07, 6.45) is 0.135. The number of para-hydroxylation sites is 2. The van der Waals surface area contributed by atoms with Gasteiger partial charge in [0.1, 0.15) is 0 Å². The second-order valence-electron chi connectivity index (χ2n) is 6.19. The third kappa shape index (κ3) is 4.03. The van der Waals surface area contributed by atoms with Crippen LogP contribution in [0.1, 0.15) is 23.7 Å². The molecule has 7 nitrogen and oxygen atoms in total. The number of ether oxygens (including phenoxy) is 1. The standard InChI is InChI=1S/C19H18ClN3O4/c1-11-8-17(24)22-15-4-2-3-5-16(15)23(11)18(25)10-27-19(26)13-9-12(20)6-7-14(13)21/h2-7,9,11H,8,10,21H2,1H3,(H,22,24)/t11-/m1/s1. The molecule has 27 heavy (non-hydrogen) atoms. The first-order valence-corrected chi connectivity index (χ1v) is 8.67. The molecule has 0 radical (unpaired) electrons. The fraction of sp³-hybridized carbons (Fsp3) is 0.211. The van der Waals surface area contributed by atoms with E-state index in [1.807, 2.05) is 0 Å². The summed E-state index contributed by atoms with van der Waals surface area (Å²) in [6, 6.07) is 11.0. The van der Waals surface area contributed by atoms with E-state index >= 15 is 0 Å². The Morgan fingerprint density at radius 3 is 2.81 bits per heavy atom. The van der Waals surface area contributed by atoms with Crippen molar-refractivity contribution in [3.8, 4) is 0 Å². The second kappa shape index (κ2) is 7.67. The summed E-state index contributed by atoms with van der Waals surface area (Å²) in [5.74, 6) is -1.37. The van der Waals surface area contributed by atoms with Crippen molar-refractivity contribution >= 4 is 46.4 Å². The van der Waals surface area contributed by atoms with Crippen LogP contribution in [0.25, 0.3) is 0 Å². The maximum atomic E-state index is 12.8. The zero-order valence-electron chi connectivity index (χ0n) is 14.6. The molecule has 1 aliphatic heterocycles. The normalized spacial score (nSPS) is 16.1. The van der Waals surface area contributed by atoms with Crippen molar-refractivity contribution in [3.05, 3.63) is 53.1 Å². The van der Waals surface area contributed by atoms with Crippen LogP contribution in [0.5, 0.6) is 0 Å². The highest BCUT2D eigenvalue weighted by Gasteiger charge is 2.30. The van der Waals surface area contributed by atoms with Gasteiger partial charge in [-0.25, -0.2) is 4.79 Å². The van der Waals surface area contributed by atoms with Crippen LogP contribution < -0.4 is 16.0 Å². The Morgan fingerprint density at radius 1 is 1.30 bits per heavy atom. The summed E-state index contributed by atoms with van der Waals surface area (Å²) >= 11 is 5.88. The summed E-state index contributed by atoms with van der Waals surface area (Å²) in [5.41, 5.74) is 7.15. The average Bonchev–Trinajstić information content (AvgIpc) is 2.75. The zero-order valence-corrected chi connectivity index (χ0v) is 15.3. The summed E-state index contributed by atoms with van der Waals surface area (Å²) < 4.78 is 5.14. The van der Waals surface area contributed by atoms with E-state index in [9.17, 15) is 14.4 Å². The Morgan fingerprint density at radius 2 is 2.04 bits per heavy atom. The molecule has 3 N–H and O–H groups in total. The molecular formula is C19H18ClN3O4. The lowest BCUT2D eigenvalue weighted by Gasteiger charge is -2.27. The Labute approximate surface area is 161 Å². The molecule has 2 aromatic rings. The van der Waals surface area contributed by atoms with Gasteiger partial charge in [-0.3, -0.25) is 9.59 Å². The topological polar surface area (TPSA) is 102 Å². The maximum absolute atomic E-state index is 12.8. The van der Waals surface area contributed by atoms with E-state index in [0.29, 0.717) is 16.4 Å². The van der Waals surface area contributed by atoms with Crippen LogP contribution in [-0.2, 0) is 14.3 Å². The molecule has 1 heterocycles. The number of hydrogen-bond donors (Lipinski definition) is 2. The molecule has 0 spiro atoms. The number of anilines is 3. The Balaban J connectivity index is 1.78. The van der Waals surface area contributed by atoms with E-state index in [2.05, 4.69) is 5.32 Å². The number of nitrogens with one attached hydrogen (secondary N) is 1. The summed E-state index contributed by atoms with van der Waals surface area (Å²) in [5, 5.41) is 3.11. The number of benzene rings is 2. The van der Waals surface area contributed by atoms with Gasteiger partial charge in [0.15, 0.2) is 6.61 Å². The molecule has 8 heteroatoms. The highest BCUT2D eigenvalue weighted by molar-refractivity contribution is 6.31. The molecular weight excluding hydrogens is 370 g/mol. The highest BCUT2D eigenvalue weighted by Crippen LogP contribution is 2.31. The quantitative estimate of drug-likeness (QED) is 0.622. The van der Waals surface area contributed by atoms with Gasteiger partial charge >= 0.3 is 5.97 Å². The molecule has 3 rings (SSSR count). The summed E-state index contributed by atoms with van der Waals surface area (Å²) in [4.78, 5) is 38.5. The average molecular weight is 388 g/mol. The van der Waals surface area contributed by atoms with Crippen molar-refractivity contribution in [2.24, 2.45) is 0 Å². The highest BCUT2D eigenvalue weighted by atomic mass is 35.5. The number of amides is 2. The number of hydrogen-bond acceptors (Lipinski definition) is 5. The molecule has 0 aliphatic carbocycles. The van der Waals surface area contributed by atoms with E-state index in [0.717, 1.165) is 0 Å². The van der Waals surface area contributed by atoms with Crippen LogP contribution in [0.2, 0.25) is 5.02 Å². The van der Waals surface area contributed by atoms with Crippen molar-refractivity contribution in [1.29, 1.82) is 0 Å². The van der Waals surface area contributed by atoms with Crippen LogP contribution in [0.15, 0.2) is 42.5 Å². The number of nitrogens with two attached hydrogens (primary N) is 1. The van der Waals surface area contributed by atoms with Crippen LogP contribution in [0, 0.1) is 0 Å². The summed E-state index contributed by atoms with van der Waals surface area (Å²) in [6.45, 7) is 1.27. The van der Waals surface area contributed by atoms with E-state index in [1.165, 1.54) is 17.0 Å². The van der Waals surface area contributed by atoms with Crippen LogP contribution in [-0.4, -0.2) is 30.4 Å².